The summed E-state index contributed by atoms with van der Waals surface area (Å²) in [6, 6.07) is 3.24. The van der Waals surface area contributed by atoms with E-state index in [0.717, 1.165) is 18.6 Å². The fourth-order valence-corrected chi connectivity index (χ4v) is 2.45. The summed E-state index contributed by atoms with van der Waals surface area (Å²) in [5.41, 5.74) is 0.213. The van der Waals surface area contributed by atoms with E-state index in [1.54, 1.807) is 0 Å². The van der Waals surface area contributed by atoms with E-state index < -0.39 is 17.4 Å². The molecule has 1 aromatic carbocycles. The van der Waals surface area contributed by atoms with Crippen molar-refractivity contribution in [2.24, 2.45) is 5.92 Å². The molecular weight excluding hydrogens is 332 g/mol. The molecule has 1 aliphatic heterocycles. The zero-order valence-electron chi connectivity index (χ0n) is 14.6. The summed E-state index contributed by atoms with van der Waals surface area (Å²) in [5, 5.41) is 2.60. The SMILES string of the molecule is CC(C)CCOCC1(CC(=O)NCc2ccc(F)cc2F)OCCO1. The van der Waals surface area contributed by atoms with Gasteiger partial charge in [0.25, 0.3) is 0 Å². The van der Waals surface area contributed by atoms with E-state index in [1.165, 1.54) is 6.07 Å². The van der Waals surface area contributed by atoms with E-state index in [4.69, 9.17) is 14.2 Å². The second kappa shape index (κ2) is 9.22. The van der Waals surface area contributed by atoms with Crippen molar-refractivity contribution in [2.45, 2.75) is 39.0 Å². The van der Waals surface area contributed by atoms with Crippen LogP contribution >= 0.6 is 0 Å². The second-order valence-electron chi connectivity index (χ2n) is 6.53. The Hall–Kier alpha value is -1.57. The first-order chi connectivity index (χ1) is 11.9. The number of benzene rings is 1. The first kappa shape index (κ1) is 19.8. The van der Waals surface area contributed by atoms with Gasteiger partial charge in [-0.15, -0.1) is 0 Å². The standard InChI is InChI=1S/C18H25F2NO4/c1-13(2)5-6-23-12-18(24-7-8-25-18)10-17(22)21-11-14-3-4-15(19)9-16(14)20/h3-4,9,13H,5-8,10-12H2,1-2H3,(H,21,22). The zero-order valence-corrected chi connectivity index (χ0v) is 14.6. The number of halogens is 2. The molecule has 140 valence electrons. The molecule has 1 aromatic rings. The van der Waals surface area contributed by atoms with Gasteiger partial charge in [-0.1, -0.05) is 19.9 Å². The van der Waals surface area contributed by atoms with Gasteiger partial charge in [0.15, 0.2) is 0 Å². The minimum atomic E-state index is -1.09. The van der Waals surface area contributed by atoms with Gasteiger partial charge >= 0.3 is 0 Å². The molecule has 2 rings (SSSR count). The smallest absolute Gasteiger partial charge is 0.225 e. The summed E-state index contributed by atoms with van der Waals surface area (Å²) in [6.45, 7) is 5.69. The first-order valence-electron chi connectivity index (χ1n) is 8.46. The van der Waals surface area contributed by atoms with Crippen LogP contribution in [0.1, 0.15) is 32.3 Å². The molecule has 1 saturated heterocycles. The van der Waals surface area contributed by atoms with Crippen LogP contribution in [0.4, 0.5) is 8.78 Å². The minimum Gasteiger partial charge on any atom is -0.376 e. The largest absolute Gasteiger partial charge is 0.376 e. The van der Waals surface area contributed by atoms with Crippen LogP contribution in [-0.2, 0) is 25.5 Å². The molecule has 7 heteroatoms. The average Bonchev–Trinajstić information content (AvgIpc) is 2.99. The number of hydrogen-bond donors (Lipinski definition) is 1. The predicted molar refractivity (Wildman–Crippen MR) is 87.7 cm³/mol. The molecule has 0 saturated carbocycles. The van der Waals surface area contributed by atoms with Crippen LogP contribution in [0.3, 0.4) is 0 Å². The monoisotopic (exact) mass is 357 g/mol. The van der Waals surface area contributed by atoms with E-state index >= 15 is 0 Å². The Labute approximate surface area is 146 Å². The molecule has 0 atom stereocenters. The van der Waals surface area contributed by atoms with Crippen molar-refractivity contribution >= 4 is 5.91 Å². The Morgan fingerprint density at radius 1 is 1.32 bits per heavy atom. The quantitative estimate of drug-likeness (QED) is 0.691. The van der Waals surface area contributed by atoms with Crippen molar-refractivity contribution in [1.29, 1.82) is 0 Å². The van der Waals surface area contributed by atoms with Crippen LogP contribution in [-0.4, -0.2) is 38.1 Å². The number of hydrogen-bond acceptors (Lipinski definition) is 4. The molecule has 1 aliphatic rings. The molecule has 1 N–H and O–H groups in total. The van der Waals surface area contributed by atoms with Crippen LogP contribution in [0, 0.1) is 17.6 Å². The van der Waals surface area contributed by atoms with Gasteiger partial charge in [-0.3, -0.25) is 4.79 Å². The number of amides is 1. The molecule has 5 nitrogen and oxygen atoms in total. The maximum absolute atomic E-state index is 13.6. The Kier molecular flexibility index (Phi) is 7.28. The Bertz CT molecular complexity index is 574. The van der Waals surface area contributed by atoms with Crippen LogP contribution in [0.5, 0.6) is 0 Å². The van der Waals surface area contributed by atoms with Crippen molar-refractivity contribution in [3.63, 3.8) is 0 Å². The molecule has 25 heavy (non-hydrogen) atoms. The zero-order chi connectivity index (χ0) is 18.3. The molecule has 1 amide bonds. The lowest BCUT2D eigenvalue weighted by Gasteiger charge is -2.26. The van der Waals surface area contributed by atoms with Crippen LogP contribution in [0.15, 0.2) is 18.2 Å². The van der Waals surface area contributed by atoms with Crippen molar-refractivity contribution in [3.8, 4) is 0 Å². The lowest BCUT2D eigenvalue weighted by molar-refractivity contribution is -0.199. The highest BCUT2D eigenvalue weighted by molar-refractivity contribution is 5.76. The number of carbonyl (C=O) groups excluding carboxylic acids is 1. The minimum absolute atomic E-state index is 0.0325. The van der Waals surface area contributed by atoms with Crippen molar-refractivity contribution in [1.82, 2.24) is 5.32 Å². The predicted octanol–water partition coefficient (Wildman–Crippen LogP) is 2.78. The van der Waals surface area contributed by atoms with Crippen LogP contribution < -0.4 is 5.32 Å². The Morgan fingerprint density at radius 2 is 2.04 bits per heavy atom. The third-order valence-electron chi connectivity index (χ3n) is 3.90. The van der Waals surface area contributed by atoms with Crippen LogP contribution in [0.25, 0.3) is 0 Å². The van der Waals surface area contributed by atoms with Gasteiger partial charge in [0, 0.05) is 24.8 Å². The highest BCUT2D eigenvalue weighted by Crippen LogP contribution is 2.24. The summed E-state index contributed by atoms with van der Waals surface area (Å²) < 4.78 is 43.2. The summed E-state index contributed by atoms with van der Waals surface area (Å²) in [7, 11) is 0. The number of ether oxygens (including phenoxy) is 3. The lowest BCUT2D eigenvalue weighted by Crippen LogP contribution is -2.41. The van der Waals surface area contributed by atoms with E-state index in [0.29, 0.717) is 25.7 Å². The molecule has 0 bridgehead atoms. The number of nitrogens with one attached hydrogen (secondary N) is 1. The molecular formula is C18H25F2NO4. The van der Waals surface area contributed by atoms with Crippen molar-refractivity contribution in [2.75, 3.05) is 26.4 Å². The Balaban J connectivity index is 1.83. The lowest BCUT2D eigenvalue weighted by atomic mass is 10.1. The fraction of sp³-hybridized carbons (Fsp3) is 0.611. The molecule has 0 unspecified atom stereocenters. The second-order valence-corrected chi connectivity index (χ2v) is 6.53. The van der Waals surface area contributed by atoms with Crippen LogP contribution in [0.2, 0.25) is 0 Å². The van der Waals surface area contributed by atoms with Gasteiger partial charge in [-0.2, -0.15) is 0 Å². The number of rotatable bonds is 9. The summed E-state index contributed by atoms with van der Waals surface area (Å²) in [6.07, 6.45) is 0.865. The van der Waals surface area contributed by atoms with E-state index in [2.05, 4.69) is 19.2 Å². The summed E-state index contributed by atoms with van der Waals surface area (Å²) >= 11 is 0. The molecule has 0 aliphatic carbocycles. The Morgan fingerprint density at radius 3 is 2.68 bits per heavy atom. The van der Waals surface area contributed by atoms with Gasteiger partial charge in [0.1, 0.15) is 18.2 Å². The van der Waals surface area contributed by atoms with Gasteiger partial charge in [-0.25, -0.2) is 8.78 Å². The third-order valence-corrected chi connectivity index (χ3v) is 3.90. The molecule has 1 heterocycles. The maximum atomic E-state index is 13.6. The fourth-order valence-electron chi connectivity index (χ4n) is 2.45. The van der Waals surface area contributed by atoms with E-state index in [-0.39, 0.29) is 31.0 Å². The van der Waals surface area contributed by atoms with Crippen molar-refractivity contribution < 1.29 is 27.8 Å². The molecule has 0 spiro atoms. The van der Waals surface area contributed by atoms with Gasteiger partial charge in [-0.05, 0) is 18.4 Å². The highest BCUT2D eigenvalue weighted by Gasteiger charge is 2.39. The van der Waals surface area contributed by atoms with Gasteiger partial charge in [0.05, 0.1) is 19.6 Å². The first-order valence-corrected chi connectivity index (χ1v) is 8.46. The molecule has 1 fully saturated rings. The summed E-state index contributed by atoms with van der Waals surface area (Å²) in [4.78, 5) is 12.2. The number of carbonyl (C=O) groups is 1. The topological polar surface area (TPSA) is 56.8 Å². The van der Waals surface area contributed by atoms with Crippen molar-refractivity contribution in [3.05, 3.63) is 35.4 Å². The third kappa shape index (κ3) is 6.34. The van der Waals surface area contributed by atoms with Gasteiger partial charge in [0.2, 0.25) is 11.7 Å². The average molecular weight is 357 g/mol. The normalized spacial score (nSPS) is 16.4. The molecule has 0 aromatic heterocycles. The molecule has 0 radical (unpaired) electrons. The van der Waals surface area contributed by atoms with E-state index in [9.17, 15) is 13.6 Å². The maximum Gasteiger partial charge on any atom is 0.225 e. The summed E-state index contributed by atoms with van der Waals surface area (Å²) in [5.74, 6) is -2.27. The van der Waals surface area contributed by atoms with Gasteiger partial charge < -0.3 is 19.5 Å². The highest BCUT2D eigenvalue weighted by atomic mass is 19.1. The van der Waals surface area contributed by atoms with E-state index in [1.807, 2.05) is 0 Å².